The molecule has 1 fully saturated rings. The minimum absolute atomic E-state index is 0.121. The summed E-state index contributed by atoms with van der Waals surface area (Å²) in [5.74, 6) is 1.44. The topological polar surface area (TPSA) is 84.1 Å². The van der Waals surface area contributed by atoms with Crippen LogP contribution in [-0.4, -0.2) is 27.7 Å². The summed E-state index contributed by atoms with van der Waals surface area (Å²) in [7, 11) is 0. The molecule has 4 N–H and O–H groups in total. The molecule has 2 rings (SSSR count). The molecule has 1 aliphatic rings. The molecule has 0 aromatic carbocycles. The molecule has 17 heavy (non-hydrogen) atoms. The number of aliphatic hydroxyl groups is 1. The van der Waals surface area contributed by atoms with Crippen molar-refractivity contribution >= 4 is 23.2 Å². The van der Waals surface area contributed by atoms with E-state index in [2.05, 4.69) is 15.3 Å². The van der Waals surface area contributed by atoms with Crippen LogP contribution in [0, 0.1) is 5.92 Å². The smallest absolute Gasteiger partial charge is 0.150 e. The Morgan fingerprint density at radius 1 is 1.35 bits per heavy atom. The van der Waals surface area contributed by atoms with Crippen LogP contribution in [0.1, 0.15) is 25.7 Å². The second-order valence-corrected chi connectivity index (χ2v) is 4.85. The number of nitrogen functional groups attached to an aromatic ring is 1. The Morgan fingerprint density at radius 3 is 2.76 bits per heavy atom. The molecule has 1 saturated carbocycles. The van der Waals surface area contributed by atoms with E-state index in [1.165, 1.54) is 6.33 Å². The minimum Gasteiger partial charge on any atom is -0.393 e. The van der Waals surface area contributed by atoms with Gasteiger partial charge in [-0.1, -0.05) is 11.6 Å². The molecule has 0 spiro atoms. The Balaban J connectivity index is 1.87. The summed E-state index contributed by atoms with van der Waals surface area (Å²) in [5, 5.41) is 13.0. The third-order valence-corrected chi connectivity index (χ3v) is 3.56. The van der Waals surface area contributed by atoms with Crippen LogP contribution in [0.2, 0.25) is 5.02 Å². The van der Waals surface area contributed by atoms with E-state index in [1.54, 1.807) is 0 Å². The van der Waals surface area contributed by atoms with Gasteiger partial charge in [0.05, 0.1) is 6.10 Å². The van der Waals surface area contributed by atoms with Gasteiger partial charge in [0.25, 0.3) is 0 Å². The molecular weight excluding hydrogens is 240 g/mol. The van der Waals surface area contributed by atoms with Gasteiger partial charge in [0.1, 0.15) is 23.0 Å². The maximum atomic E-state index is 9.41. The van der Waals surface area contributed by atoms with Gasteiger partial charge < -0.3 is 16.2 Å². The normalized spacial score (nSPS) is 24.6. The Kier molecular flexibility index (Phi) is 4.02. The second-order valence-electron chi connectivity index (χ2n) is 4.48. The number of hydrogen-bond acceptors (Lipinski definition) is 5. The highest BCUT2D eigenvalue weighted by molar-refractivity contribution is 6.35. The van der Waals surface area contributed by atoms with Crippen molar-refractivity contribution in [1.29, 1.82) is 0 Å². The van der Waals surface area contributed by atoms with E-state index in [0.717, 1.165) is 32.2 Å². The number of rotatable bonds is 3. The molecule has 5 nitrogen and oxygen atoms in total. The van der Waals surface area contributed by atoms with E-state index in [9.17, 15) is 5.11 Å². The fourth-order valence-corrected chi connectivity index (χ4v) is 2.26. The van der Waals surface area contributed by atoms with Gasteiger partial charge in [-0.2, -0.15) is 0 Å². The molecular formula is C11H17ClN4O. The van der Waals surface area contributed by atoms with Gasteiger partial charge in [0.2, 0.25) is 0 Å². The third kappa shape index (κ3) is 3.20. The lowest BCUT2D eigenvalue weighted by Gasteiger charge is -2.25. The fourth-order valence-electron chi connectivity index (χ4n) is 2.10. The molecule has 0 aliphatic heterocycles. The highest BCUT2D eigenvalue weighted by Crippen LogP contribution is 2.27. The van der Waals surface area contributed by atoms with Gasteiger partial charge in [-0.15, -0.1) is 0 Å². The standard InChI is InChI=1S/C11H17ClN4O/c12-9-10(13)15-6-16-11(9)14-5-7-1-3-8(17)4-2-7/h6-8,17H,1-5H2,(H3,13,14,15,16). The number of nitrogens with zero attached hydrogens (tertiary/aromatic N) is 2. The van der Waals surface area contributed by atoms with E-state index in [-0.39, 0.29) is 6.10 Å². The van der Waals surface area contributed by atoms with E-state index in [4.69, 9.17) is 17.3 Å². The van der Waals surface area contributed by atoms with Crippen LogP contribution in [0.15, 0.2) is 6.33 Å². The number of aromatic nitrogens is 2. The van der Waals surface area contributed by atoms with Crippen molar-refractivity contribution in [1.82, 2.24) is 9.97 Å². The molecule has 0 unspecified atom stereocenters. The Bertz CT molecular complexity index is 380. The Hall–Kier alpha value is -1.07. The zero-order chi connectivity index (χ0) is 12.3. The van der Waals surface area contributed by atoms with E-state index >= 15 is 0 Å². The van der Waals surface area contributed by atoms with Crippen LogP contribution in [0.4, 0.5) is 11.6 Å². The van der Waals surface area contributed by atoms with E-state index < -0.39 is 0 Å². The van der Waals surface area contributed by atoms with Crippen LogP contribution in [0.5, 0.6) is 0 Å². The number of aliphatic hydroxyl groups excluding tert-OH is 1. The first-order chi connectivity index (χ1) is 8.16. The molecule has 0 radical (unpaired) electrons. The number of nitrogens with one attached hydrogen (secondary N) is 1. The van der Waals surface area contributed by atoms with Gasteiger partial charge in [-0.25, -0.2) is 9.97 Å². The molecule has 0 atom stereocenters. The van der Waals surface area contributed by atoms with Crippen molar-refractivity contribution in [2.24, 2.45) is 5.92 Å². The maximum Gasteiger partial charge on any atom is 0.150 e. The predicted octanol–water partition coefficient (Wildman–Crippen LogP) is 1.68. The molecule has 0 saturated heterocycles. The van der Waals surface area contributed by atoms with Crippen molar-refractivity contribution in [3.8, 4) is 0 Å². The Morgan fingerprint density at radius 2 is 2.06 bits per heavy atom. The largest absolute Gasteiger partial charge is 0.393 e. The molecule has 1 aliphatic carbocycles. The number of hydrogen-bond donors (Lipinski definition) is 3. The summed E-state index contributed by atoms with van der Waals surface area (Å²) >= 11 is 5.98. The number of nitrogens with two attached hydrogens (primary N) is 1. The monoisotopic (exact) mass is 256 g/mol. The van der Waals surface area contributed by atoms with Crippen LogP contribution in [0.25, 0.3) is 0 Å². The lowest BCUT2D eigenvalue weighted by Crippen LogP contribution is -2.24. The highest BCUT2D eigenvalue weighted by Gasteiger charge is 2.19. The molecule has 94 valence electrons. The van der Waals surface area contributed by atoms with Crippen LogP contribution in [0.3, 0.4) is 0 Å². The Labute approximate surface area is 105 Å². The van der Waals surface area contributed by atoms with E-state index in [1.807, 2.05) is 0 Å². The minimum atomic E-state index is -0.121. The molecule has 1 aromatic rings. The van der Waals surface area contributed by atoms with Crippen LogP contribution >= 0.6 is 11.6 Å². The van der Waals surface area contributed by atoms with Gasteiger partial charge >= 0.3 is 0 Å². The molecule has 1 heterocycles. The van der Waals surface area contributed by atoms with Crippen molar-refractivity contribution in [2.75, 3.05) is 17.6 Å². The zero-order valence-corrected chi connectivity index (χ0v) is 10.3. The number of halogens is 1. The first-order valence-corrected chi connectivity index (χ1v) is 6.22. The van der Waals surface area contributed by atoms with Crippen LogP contribution in [-0.2, 0) is 0 Å². The lowest BCUT2D eigenvalue weighted by atomic mass is 9.87. The first kappa shape index (κ1) is 12.4. The summed E-state index contributed by atoms with van der Waals surface area (Å²) in [5.41, 5.74) is 5.59. The predicted molar refractivity (Wildman–Crippen MR) is 67.9 cm³/mol. The van der Waals surface area contributed by atoms with Crippen molar-refractivity contribution in [3.63, 3.8) is 0 Å². The lowest BCUT2D eigenvalue weighted by molar-refractivity contribution is 0.111. The summed E-state index contributed by atoms with van der Waals surface area (Å²) < 4.78 is 0. The van der Waals surface area contributed by atoms with Gasteiger partial charge in [-0.05, 0) is 31.6 Å². The quantitative estimate of drug-likeness (QED) is 0.766. The average Bonchev–Trinajstić information content (AvgIpc) is 2.33. The average molecular weight is 257 g/mol. The maximum absolute atomic E-state index is 9.41. The van der Waals surface area contributed by atoms with Crippen molar-refractivity contribution < 1.29 is 5.11 Å². The summed E-state index contributed by atoms with van der Waals surface area (Å²) in [6.45, 7) is 0.808. The van der Waals surface area contributed by atoms with Crippen molar-refractivity contribution in [2.45, 2.75) is 31.8 Å². The SMILES string of the molecule is Nc1ncnc(NCC2CCC(O)CC2)c1Cl. The van der Waals surface area contributed by atoms with E-state index in [0.29, 0.717) is 22.6 Å². The second kappa shape index (κ2) is 5.51. The molecule has 0 bridgehead atoms. The first-order valence-electron chi connectivity index (χ1n) is 5.84. The summed E-state index contributed by atoms with van der Waals surface area (Å²) in [6.07, 6.45) is 5.11. The molecule has 6 heteroatoms. The number of anilines is 2. The molecule has 0 amide bonds. The van der Waals surface area contributed by atoms with Gasteiger partial charge in [-0.3, -0.25) is 0 Å². The van der Waals surface area contributed by atoms with Crippen LogP contribution < -0.4 is 11.1 Å². The van der Waals surface area contributed by atoms with Gasteiger partial charge in [0.15, 0.2) is 0 Å². The third-order valence-electron chi connectivity index (χ3n) is 3.19. The highest BCUT2D eigenvalue weighted by atomic mass is 35.5. The fraction of sp³-hybridized carbons (Fsp3) is 0.636. The van der Waals surface area contributed by atoms with Gasteiger partial charge in [0, 0.05) is 6.54 Å². The molecule has 1 aromatic heterocycles. The van der Waals surface area contributed by atoms with Crippen molar-refractivity contribution in [3.05, 3.63) is 11.3 Å². The summed E-state index contributed by atoms with van der Waals surface area (Å²) in [4.78, 5) is 7.86. The summed E-state index contributed by atoms with van der Waals surface area (Å²) in [6, 6.07) is 0. The zero-order valence-electron chi connectivity index (χ0n) is 9.56.